The smallest absolute Gasteiger partial charge is 0.216 e. The van der Waals surface area contributed by atoms with Crippen LogP contribution in [-0.4, -0.2) is 22.4 Å². The molecule has 1 aromatic rings. The van der Waals surface area contributed by atoms with Gasteiger partial charge in [-0.05, 0) is 20.3 Å². The minimum absolute atomic E-state index is 0.0927. The van der Waals surface area contributed by atoms with E-state index >= 15 is 0 Å². The van der Waals surface area contributed by atoms with Gasteiger partial charge in [-0.25, -0.2) is 9.97 Å². The highest BCUT2D eigenvalue weighted by Gasteiger charge is 2.12. The standard InChI is InChI=1S/C11H16N2O2/c1-4-5-15-11-6-10(12-7-13-11)8(2)9(3)14/h6-8H,4-5H2,1-3H3. The van der Waals surface area contributed by atoms with Crippen molar-refractivity contribution < 1.29 is 9.53 Å². The molecule has 15 heavy (non-hydrogen) atoms. The molecule has 0 spiro atoms. The van der Waals surface area contributed by atoms with Crippen molar-refractivity contribution in [1.82, 2.24) is 9.97 Å². The summed E-state index contributed by atoms with van der Waals surface area (Å²) in [7, 11) is 0. The van der Waals surface area contributed by atoms with Crippen molar-refractivity contribution in [2.45, 2.75) is 33.1 Å². The normalized spacial score (nSPS) is 12.2. The summed E-state index contributed by atoms with van der Waals surface area (Å²) in [6.45, 7) is 6.04. The van der Waals surface area contributed by atoms with Gasteiger partial charge in [-0.2, -0.15) is 0 Å². The fourth-order valence-corrected chi connectivity index (χ4v) is 1.08. The number of ketones is 1. The van der Waals surface area contributed by atoms with Gasteiger partial charge >= 0.3 is 0 Å². The molecule has 1 aromatic heterocycles. The first-order valence-electron chi connectivity index (χ1n) is 5.10. The summed E-state index contributed by atoms with van der Waals surface area (Å²) in [4.78, 5) is 19.2. The molecule has 0 aliphatic carbocycles. The van der Waals surface area contributed by atoms with Gasteiger partial charge in [-0.15, -0.1) is 0 Å². The quantitative estimate of drug-likeness (QED) is 0.742. The first-order chi connectivity index (χ1) is 7.15. The van der Waals surface area contributed by atoms with E-state index in [0.29, 0.717) is 18.2 Å². The van der Waals surface area contributed by atoms with Crippen molar-refractivity contribution in [1.29, 1.82) is 0 Å². The van der Waals surface area contributed by atoms with Gasteiger partial charge in [0.2, 0.25) is 5.88 Å². The third-order valence-corrected chi connectivity index (χ3v) is 2.17. The van der Waals surface area contributed by atoms with E-state index in [-0.39, 0.29) is 11.7 Å². The van der Waals surface area contributed by atoms with E-state index in [9.17, 15) is 4.79 Å². The third kappa shape index (κ3) is 3.31. The number of aromatic nitrogens is 2. The predicted octanol–water partition coefficient (Wildman–Crippen LogP) is 1.96. The topological polar surface area (TPSA) is 52.1 Å². The average molecular weight is 208 g/mol. The summed E-state index contributed by atoms with van der Waals surface area (Å²) in [6, 6.07) is 1.72. The molecule has 0 aliphatic rings. The molecule has 4 heteroatoms. The molecule has 82 valence electrons. The Morgan fingerprint density at radius 1 is 1.53 bits per heavy atom. The van der Waals surface area contributed by atoms with Crippen LogP contribution in [0, 0.1) is 0 Å². The summed E-state index contributed by atoms with van der Waals surface area (Å²) in [6.07, 6.45) is 2.36. The van der Waals surface area contributed by atoms with Crippen LogP contribution < -0.4 is 4.74 Å². The van der Waals surface area contributed by atoms with Gasteiger partial charge in [-0.3, -0.25) is 4.79 Å². The molecule has 0 N–H and O–H groups in total. The second-order valence-corrected chi connectivity index (χ2v) is 3.46. The number of nitrogens with zero attached hydrogens (tertiary/aromatic N) is 2. The molecular weight excluding hydrogens is 192 g/mol. The van der Waals surface area contributed by atoms with Crippen molar-refractivity contribution in [3.63, 3.8) is 0 Å². The molecule has 4 nitrogen and oxygen atoms in total. The Kier molecular flexibility index (Phi) is 4.21. The highest BCUT2D eigenvalue weighted by atomic mass is 16.5. The van der Waals surface area contributed by atoms with E-state index in [1.54, 1.807) is 13.0 Å². The van der Waals surface area contributed by atoms with Crippen molar-refractivity contribution in [3.05, 3.63) is 18.1 Å². The maximum Gasteiger partial charge on any atom is 0.216 e. The Balaban J connectivity index is 2.77. The van der Waals surface area contributed by atoms with Crippen LogP contribution in [0.25, 0.3) is 0 Å². The molecule has 0 amide bonds. The average Bonchev–Trinajstić information content (AvgIpc) is 2.25. The first-order valence-corrected chi connectivity index (χ1v) is 5.10. The summed E-state index contributed by atoms with van der Waals surface area (Å²) in [5, 5.41) is 0. The lowest BCUT2D eigenvalue weighted by atomic mass is 10.0. The van der Waals surface area contributed by atoms with Gasteiger partial charge in [0.1, 0.15) is 12.1 Å². The van der Waals surface area contributed by atoms with Gasteiger partial charge in [0.15, 0.2) is 0 Å². The number of carbonyl (C=O) groups is 1. The third-order valence-electron chi connectivity index (χ3n) is 2.17. The molecule has 0 aromatic carbocycles. The molecule has 1 unspecified atom stereocenters. The Labute approximate surface area is 89.7 Å². The molecule has 0 radical (unpaired) electrons. The van der Waals surface area contributed by atoms with Crippen molar-refractivity contribution in [2.24, 2.45) is 0 Å². The fourth-order valence-electron chi connectivity index (χ4n) is 1.08. The Morgan fingerprint density at radius 3 is 2.87 bits per heavy atom. The lowest BCUT2D eigenvalue weighted by molar-refractivity contribution is -0.118. The number of ether oxygens (including phenoxy) is 1. The maximum atomic E-state index is 11.2. The van der Waals surface area contributed by atoms with Gasteiger partial charge in [0.25, 0.3) is 0 Å². The van der Waals surface area contributed by atoms with E-state index in [1.165, 1.54) is 6.33 Å². The second-order valence-electron chi connectivity index (χ2n) is 3.46. The number of Topliss-reactive ketones (excluding diaryl/α,β-unsaturated/α-hetero) is 1. The monoisotopic (exact) mass is 208 g/mol. The van der Waals surface area contributed by atoms with Crippen molar-refractivity contribution in [2.75, 3.05) is 6.61 Å². The van der Waals surface area contributed by atoms with E-state index in [1.807, 2.05) is 13.8 Å². The fraction of sp³-hybridized carbons (Fsp3) is 0.545. The van der Waals surface area contributed by atoms with Crippen molar-refractivity contribution in [3.8, 4) is 5.88 Å². The van der Waals surface area contributed by atoms with Crippen LogP contribution >= 0.6 is 0 Å². The highest BCUT2D eigenvalue weighted by molar-refractivity contribution is 5.82. The summed E-state index contributed by atoms with van der Waals surface area (Å²) >= 11 is 0. The van der Waals surface area contributed by atoms with E-state index in [0.717, 1.165) is 6.42 Å². The largest absolute Gasteiger partial charge is 0.478 e. The Morgan fingerprint density at radius 2 is 2.27 bits per heavy atom. The minimum atomic E-state index is -0.197. The predicted molar refractivity (Wildman–Crippen MR) is 56.9 cm³/mol. The molecule has 1 atom stereocenters. The van der Waals surface area contributed by atoms with Gasteiger partial charge in [-0.1, -0.05) is 6.92 Å². The van der Waals surface area contributed by atoms with E-state index < -0.39 is 0 Å². The minimum Gasteiger partial charge on any atom is -0.478 e. The Bertz CT molecular complexity index is 339. The number of carbonyl (C=O) groups excluding carboxylic acids is 1. The van der Waals surface area contributed by atoms with E-state index in [4.69, 9.17) is 4.74 Å². The van der Waals surface area contributed by atoms with Crippen LogP contribution in [0.3, 0.4) is 0 Å². The van der Waals surface area contributed by atoms with Crippen LogP contribution in [-0.2, 0) is 4.79 Å². The molecule has 0 saturated carbocycles. The lowest BCUT2D eigenvalue weighted by Crippen LogP contribution is -2.07. The molecular formula is C11H16N2O2. The molecule has 1 heterocycles. The lowest BCUT2D eigenvalue weighted by Gasteiger charge is -2.08. The SMILES string of the molecule is CCCOc1cc(C(C)C(C)=O)ncn1. The zero-order chi connectivity index (χ0) is 11.3. The Hall–Kier alpha value is -1.45. The zero-order valence-corrected chi connectivity index (χ0v) is 9.36. The van der Waals surface area contributed by atoms with Gasteiger partial charge < -0.3 is 4.74 Å². The summed E-state index contributed by atoms with van der Waals surface area (Å²) in [5.41, 5.74) is 0.712. The molecule has 0 saturated heterocycles. The highest BCUT2D eigenvalue weighted by Crippen LogP contribution is 2.16. The van der Waals surface area contributed by atoms with Gasteiger partial charge in [0, 0.05) is 6.07 Å². The van der Waals surface area contributed by atoms with E-state index in [2.05, 4.69) is 9.97 Å². The molecule has 0 fully saturated rings. The van der Waals surface area contributed by atoms with Crippen LogP contribution in [0.5, 0.6) is 5.88 Å². The second kappa shape index (κ2) is 5.44. The van der Waals surface area contributed by atoms with Crippen molar-refractivity contribution >= 4 is 5.78 Å². The van der Waals surface area contributed by atoms with Crippen LogP contribution in [0.15, 0.2) is 12.4 Å². The molecule has 0 aliphatic heterocycles. The molecule has 0 bridgehead atoms. The maximum absolute atomic E-state index is 11.2. The zero-order valence-electron chi connectivity index (χ0n) is 9.36. The molecule has 1 rings (SSSR count). The summed E-state index contributed by atoms with van der Waals surface area (Å²) in [5.74, 6) is 0.432. The first kappa shape index (κ1) is 11.6. The number of hydrogen-bond acceptors (Lipinski definition) is 4. The van der Waals surface area contributed by atoms with Gasteiger partial charge in [0.05, 0.1) is 18.2 Å². The van der Waals surface area contributed by atoms with Crippen LogP contribution in [0.1, 0.15) is 38.8 Å². The van der Waals surface area contributed by atoms with Crippen LogP contribution in [0.4, 0.5) is 0 Å². The summed E-state index contributed by atoms with van der Waals surface area (Å²) < 4.78 is 5.36. The number of hydrogen-bond donors (Lipinski definition) is 0. The number of rotatable bonds is 5. The van der Waals surface area contributed by atoms with Crippen LogP contribution in [0.2, 0.25) is 0 Å².